The van der Waals surface area contributed by atoms with Crippen LogP contribution in [0.5, 0.6) is 0 Å². The van der Waals surface area contributed by atoms with Gasteiger partial charge in [0.25, 0.3) is 0 Å². The van der Waals surface area contributed by atoms with Crippen LogP contribution in [0.4, 0.5) is 17.1 Å². The lowest BCUT2D eigenvalue weighted by Gasteiger charge is -2.27. The second-order valence-electron chi connectivity index (χ2n) is 13.9. The molecule has 0 saturated carbocycles. The highest BCUT2D eigenvalue weighted by molar-refractivity contribution is 6.04. The summed E-state index contributed by atoms with van der Waals surface area (Å²) >= 11 is 0. The van der Waals surface area contributed by atoms with Crippen LogP contribution < -0.4 is 4.90 Å². The van der Waals surface area contributed by atoms with Crippen LogP contribution in [0.1, 0.15) is 35.1 Å². The van der Waals surface area contributed by atoms with E-state index in [1.807, 2.05) is 0 Å². The first kappa shape index (κ1) is 29.7. The van der Waals surface area contributed by atoms with E-state index in [4.69, 9.17) is 0 Å². The molecule has 0 unspecified atom stereocenters. The Kier molecular flexibility index (Phi) is 7.17. The standard InChI is InChI=1S/C50H37N/c1-2-12-37-33-44(30-21-34(37)11-1)51(42-26-22-35(23-27-42)49-45-17-7-3-13-38(45)31-39-14-4-8-18-46(39)49)43-28-24-36(25-29-43)50-47-19-9-5-15-40(47)32-41-16-6-10-20-48(41)50/h1-3,5,7-13,15,17-33H,4,6,14,16H2. The van der Waals surface area contributed by atoms with Gasteiger partial charge in [-0.05, 0) is 139 Å². The smallest absolute Gasteiger partial charge is 0.0468 e. The van der Waals surface area contributed by atoms with Crippen molar-refractivity contribution in [1.29, 1.82) is 0 Å². The number of hydrogen-bond donors (Lipinski definition) is 0. The number of benzene rings is 8. The van der Waals surface area contributed by atoms with E-state index in [2.05, 4.69) is 181 Å². The fraction of sp³-hybridized carbons (Fsp3) is 0.0800. The van der Waals surface area contributed by atoms with Crippen molar-refractivity contribution < 1.29 is 0 Å². The molecule has 0 fully saturated rings. The van der Waals surface area contributed by atoms with Gasteiger partial charge in [0.2, 0.25) is 0 Å². The first-order valence-electron chi connectivity index (χ1n) is 18.2. The fourth-order valence-corrected chi connectivity index (χ4v) is 8.46. The first-order chi connectivity index (χ1) is 25.3. The van der Waals surface area contributed by atoms with Crippen molar-refractivity contribution in [2.24, 2.45) is 0 Å². The lowest BCUT2D eigenvalue weighted by atomic mass is 9.85. The molecule has 0 spiro atoms. The van der Waals surface area contributed by atoms with E-state index >= 15 is 0 Å². The molecule has 10 rings (SSSR count). The molecule has 0 aromatic heterocycles. The van der Waals surface area contributed by atoms with E-state index in [-0.39, 0.29) is 0 Å². The number of allylic oxidation sites excluding steroid dienone is 2. The van der Waals surface area contributed by atoms with Crippen LogP contribution in [-0.2, 0) is 12.8 Å². The Morgan fingerprint density at radius 3 is 1.35 bits per heavy atom. The number of nitrogens with zero attached hydrogens (tertiary/aromatic N) is 1. The summed E-state index contributed by atoms with van der Waals surface area (Å²) in [5.41, 5.74) is 14.2. The molecule has 0 saturated heterocycles. The third-order valence-corrected chi connectivity index (χ3v) is 10.9. The molecule has 0 atom stereocenters. The van der Waals surface area contributed by atoms with E-state index in [0.29, 0.717) is 0 Å². The van der Waals surface area contributed by atoms with Crippen LogP contribution in [-0.4, -0.2) is 0 Å². The minimum atomic E-state index is 1.09. The summed E-state index contributed by atoms with van der Waals surface area (Å²) in [5, 5.41) is 7.72. The van der Waals surface area contributed by atoms with Gasteiger partial charge in [0.15, 0.2) is 0 Å². The van der Waals surface area contributed by atoms with E-state index in [1.165, 1.54) is 76.8 Å². The summed E-state index contributed by atoms with van der Waals surface area (Å²) in [6.07, 6.45) is 13.7. The molecule has 0 N–H and O–H groups in total. The summed E-state index contributed by atoms with van der Waals surface area (Å²) in [4.78, 5) is 2.40. The Balaban J connectivity index is 1.11. The Bertz CT molecular complexity index is 2530. The SMILES string of the molecule is C1=Cc2c(cc3ccccc3c2-c2ccc(N(c3ccc(-c4c5c(cc6ccccc46)CCC=C5)cc3)c3ccc4ccccc4c3)cc2)CC1. The highest BCUT2D eigenvalue weighted by Gasteiger charge is 2.19. The summed E-state index contributed by atoms with van der Waals surface area (Å²) in [6.45, 7) is 0. The number of fused-ring (bicyclic) bond motifs is 5. The molecule has 1 heteroatoms. The number of hydrogen-bond acceptors (Lipinski definition) is 1. The lowest BCUT2D eigenvalue weighted by Crippen LogP contribution is -2.10. The summed E-state index contributed by atoms with van der Waals surface area (Å²) in [5.74, 6) is 0. The van der Waals surface area contributed by atoms with E-state index < -0.39 is 0 Å². The molecule has 1 nitrogen and oxygen atoms in total. The highest BCUT2D eigenvalue weighted by Crippen LogP contribution is 2.43. The van der Waals surface area contributed by atoms with Gasteiger partial charge in [0.1, 0.15) is 0 Å². The number of rotatable bonds is 5. The van der Waals surface area contributed by atoms with Gasteiger partial charge in [-0.25, -0.2) is 0 Å². The van der Waals surface area contributed by atoms with Crippen LogP contribution in [0.2, 0.25) is 0 Å². The summed E-state index contributed by atoms with van der Waals surface area (Å²) in [6, 6.07) is 56.3. The maximum absolute atomic E-state index is 2.40. The molecule has 8 aromatic carbocycles. The van der Waals surface area contributed by atoms with Gasteiger partial charge in [-0.1, -0.05) is 140 Å². The molecular weight excluding hydrogens is 615 g/mol. The molecule has 0 amide bonds. The molecule has 0 bridgehead atoms. The topological polar surface area (TPSA) is 3.24 Å². The molecule has 0 aliphatic heterocycles. The maximum Gasteiger partial charge on any atom is 0.0468 e. The minimum Gasteiger partial charge on any atom is -0.310 e. The second-order valence-corrected chi connectivity index (χ2v) is 13.9. The van der Waals surface area contributed by atoms with Gasteiger partial charge in [0.05, 0.1) is 0 Å². The Hall–Kier alpha value is -6.18. The third-order valence-electron chi connectivity index (χ3n) is 10.9. The van der Waals surface area contributed by atoms with Crippen LogP contribution in [0.25, 0.3) is 66.7 Å². The fourth-order valence-electron chi connectivity index (χ4n) is 8.46. The number of aryl methyl sites for hydroxylation is 2. The summed E-state index contributed by atoms with van der Waals surface area (Å²) in [7, 11) is 0. The Labute approximate surface area is 299 Å². The average Bonchev–Trinajstić information content (AvgIpc) is 3.20. The van der Waals surface area contributed by atoms with Crippen molar-refractivity contribution in [3.8, 4) is 22.3 Å². The van der Waals surface area contributed by atoms with Crippen LogP contribution in [0.15, 0.2) is 164 Å². The zero-order valence-electron chi connectivity index (χ0n) is 28.5. The van der Waals surface area contributed by atoms with Gasteiger partial charge in [-0.2, -0.15) is 0 Å². The monoisotopic (exact) mass is 651 g/mol. The largest absolute Gasteiger partial charge is 0.310 e. The summed E-state index contributed by atoms with van der Waals surface area (Å²) < 4.78 is 0. The zero-order chi connectivity index (χ0) is 33.7. The molecule has 0 heterocycles. The minimum absolute atomic E-state index is 1.09. The van der Waals surface area contributed by atoms with Crippen LogP contribution in [0, 0.1) is 0 Å². The van der Waals surface area contributed by atoms with Gasteiger partial charge in [-0.15, -0.1) is 0 Å². The second kappa shape index (κ2) is 12.3. The predicted molar refractivity (Wildman–Crippen MR) is 219 cm³/mol. The zero-order valence-corrected chi connectivity index (χ0v) is 28.5. The van der Waals surface area contributed by atoms with Crippen molar-refractivity contribution in [3.05, 3.63) is 186 Å². The molecule has 0 radical (unpaired) electrons. The molecule has 242 valence electrons. The van der Waals surface area contributed by atoms with Gasteiger partial charge >= 0.3 is 0 Å². The number of anilines is 3. The predicted octanol–water partition coefficient (Wildman–Crippen LogP) is 13.9. The molecule has 2 aliphatic carbocycles. The molecule has 8 aromatic rings. The van der Waals surface area contributed by atoms with Crippen molar-refractivity contribution in [2.75, 3.05) is 4.90 Å². The van der Waals surface area contributed by atoms with Crippen molar-refractivity contribution in [1.82, 2.24) is 0 Å². The Morgan fingerprint density at radius 2 is 0.824 bits per heavy atom. The van der Waals surface area contributed by atoms with Crippen molar-refractivity contribution in [3.63, 3.8) is 0 Å². The van der Waals surface area contributed by atoms with E-state index in [9.17, 15) is 0 Å². The van der Waals surface area contributed by atoms with Crippen LogP contribution >= 0.6 is 0 Å². The maximum atomic E-state index is 2.40. The quantitative estimate of drug-likeness (QED) is 0.179. The lowest BCUT2D eigenvalue weighted by molar-refractivity contribution is 0.989. The third kappa shape index (κ3) is 5.16. The molecule has 2 aliphatic rings. The van der Waals surface area contributed by atoms with Gasteiger partial charge in [-0.3, -0.25) is 0 Å². The van der Waals surface area contributed by atoms with Gasteiger partial charge in [0, 0.05) is 17.1 Å². The van der Waals surface area contributed by atoms with Crippen molar-refractivity contribution >= 4 is 61.5 Å². The highest BCUT2D eigenvalue weighted by atomic mass is 15.1. The normalized spacial score (nSPS) is 13.4. The van der Waals surface area contributed by atoms with Crippen LogP contribution in [0.3, 0.4) is 0 Å². The first-order valence-corrected chi connectivity index (χ1v) is 18.2. The van der Waals surface area contributed by atoms with Crippen molar-refractivity contribution in [2.45, 2.75) is 25.7 Å². The Morgan fingerprint density at radius 1 is 0.373 bits per heavy atom. The molecular formula is C50H37N. The van der Waals surface area contributed by atoms with E-state index in [0.717, 1.165) is 42.7 Å². The van der Waals surface area contributed by atoms with Gasteiger partial charge < -0.3 is 4.90 Å². The average molecular weight is 652 g/mol. The van der Waals surface area contributed by atoms with E-state index in [1.54, 1.807) is 0 Å². The molecule has 51 heavy (non-hydrogen) atoms.